The average Bonchev–Trinajstić information content (AvgIpc) is 2.94. The summed E-state index contributed by atoms with van der Waals surface area (Å²) in [4.78, 5) is 2.16. The summed E-state index contributed by atoms with van der Waals surface area (Å²) in [6.45, 7) is 3.56. The SMILES string of the molecule is Cc1cc(C2CN(Cc3ccccc3)CC2NO)c(F)cc1F. The molecule has 1 fully saturated rings. The molecule has 0 radical (unpaired) electrons. The van der Waals surface area contributed by atoms with E-state index in [1.165, 1.54) is 5.56 Å². The molecule has 2 N–H and O–H groups in total. The first-order chi connectivity index (χ1) is 11.1. The molecule has 2 atom stereocenters. The molecule has 1 aliphatic rings. The largest absolute Gasteiger partial charge is 0.316 e. The van der Waals surface area contributed by atoms with Gasteiger partial charge in [0.05, 0.1) is 6.04 Å². The number of likely N-dealkylation sites (tertiary alicyclic amines) is 1. The van der Waals surface area contributed by atoms with Crippen molar-refractivity contribution >= 4 is 0 Å². The van der Waals surface area contributed by atoms with Crippen LogP contribution in [0.5, 0.6) is 0 Å². The Hall–Kier alpha value is -1.82. The predicted molar refractivity (Wildman–Crippen MR) is 84.3 cm³/mol. The van der Waals surface area contributed by atoms with Gasteiger partial charge >= 0.3 is 0 Å². The summed E-state index contributed by atoms with van der Waals surface area (Å²) in [5, 5.41) is 9.42. The second kappa shape index (κ2) is 6.74. The number of hydrogen-bond donors (Lipinski definition) is 2. The van der Waals surface area contributed by atoms with Crippen LogP contribution in [0.3, 0.4) is 0 Å². The highest BCUT2D eigenvalue weighted by molar-refractivity contribution is 5.31. The number of hydrogen-bond acceptors (Lipinski definition) is 3. The van der Waals surface area contributed by atoms with Gasteiger partial charge in [-0.05, 0) is 29.7 Å². The Labute approximate surface area is 134 Å². The fraction of sp³-hybridized carbons (Fsp3) is 0.333. The second-order valence-electron chi connectivity index (χ2n) is 6.14. The first kappa shape index (κ1) is 16.1. The minimum Gasteiger partial charge on any atom is -0.316 e. The predicted octanol–water partition coefficient (Wildman–Crippen LogP) is 3.22. The normalized spacial score (nSPS) is 21.7. The molecule has 1 heterocycles. The number of halogens is 2. The molecule has 2 aromatic rings. The molecule has 2 unspecified atom stereocenters. The highest BCUT2D eigenvalue weighted by atomic mass is 19.1. The summed E-state index contributed by atoms with van der Waals surface area (Å²) >= 11 is 0. The van der Waals surface area contributed by atoms with Crippen LogP contribution in [0.25, 0.3) is 0 Å². The van der Waals surface area contributed by atoms with Crippen LogP contribution in [0.2, 0.25) is 0 Å². The minimum absolute atomic E-state index is 0.219. The molecule has 3 rings (SSSR count). The molecule has 0 saturated carbocycles. The van der Waals surface area contributed by atoms with Gasteiger partial charge in [0.2, 0.25) is 0 Å². The highest BCUT2D eigenvalue weighted by Crippen LogP contribution is 2.31. The number of nitrogens with one attached hydrogen (secondary N) is 1. The smallest absolute Gasteiger partial charge is 0.129 e. The van der Waals surface area contributed by atoms with Gasteiger partial charge in [0.1, 0.15) is 11.6 Å². The van der Waals surface area contributed by atoms with Gasteiger partial charge in [-0.1, -0.05) is 30.3 Å². The molecular weight excluding hydrogens is 298 g/mol. The summed E-state index contributed by atoms with van der Waals surface area (Å²) in [6, 6.07) is 12.2. The fourth-order valence-corrected chi connectivity index (χ4v) is 3.27. The number of aryl methyl sites for hydroxylation is 1. The van der Waals surface area contributed by atoms with Crippen LogP contribution < -0.4 is 5.48 Å². The van der Waals surface area contributed by atoms with E-state index in [-0.39, 0.29) is 12.0 Å². The maximum Gasteiger partial charge on any atom is 0.129 e. The molecule has 0 spiro atoms. The van der Waals surface area contributed by atoms with Gasteiger partial charge in [-0.15, -0.1) is 0 Å². The zero-order chi connectivity index (χ0) is 16.4. The van der Waals surface area contributed by atoms with E-state index in [1.807, 2.05) is 30.3 Å². The van der Waals surface area contributed by atoms with E-state index >= 15 is 0 Å². The van der Waals surface area contributed by atoms with E-state index < -0.39 is 11.6 Å². The van der Waals surface area contributed by atoms with Gasteiger partial charge in [0.15, 0.2) is 0 Å². The molecule has 122 valence electrons. The lowest BCUT2D eigenvalue weighted by atomic mass is 9.93. The Morgan fingerprint density at radius 2 is 1.87 bits per heavy atom. The summed E-state index contributed by atoms with van der Waals surface area (Å²) in [7, 11) is 0. The lowest BCUT2D eigenvalue weighted by Gasteiger charge is -2.18. The van der Waals surface area contributed by atoms with Crippen molar-refractivity contribution in [2.45, 2.75) is 25.4 Å². The Morgan fingerprint density at radius 3 is 2.57 bits per heavy atom. The van der Waals surface area contributed by atoms with Crippen molar-refractivity contribution in [2.24, 2.45) is 0 Å². The Kier molecular flexibility index (Phi) is 4.71. The second-order valence-corrected chi connectivity index (χ2v) is 6.14. The van der Waals surface area contributed by atoms with Crippen molar-refractivity contribution < 1.29 is 14.0 Å². The number of hydroxylamine groups is 1. The third-order valence-corrected chi connectivity index (χ3v) is 4.49. The monoisotopic (exact) mass is 318 g/mol. The quantitative estimate of drug-likeness (QED) is 0.850. The number of rotatable bonds is 4. The standard InChI is InChI=1S/C18H20F2N2O/c1-12-7-14(17(20)8-16(12)19)15-10-22(11-18(15)21-23)9-13-5-3-2-4-6-13/h2-8,15,18,21,23H,9-11H2,1H3. The van der Waals surface area contributed by atoms with E-state index in [9.17, 15) is 14.0 Å². The summed E-state index contributed by atoms with van der Waals surface area (Å²) < 4.78 is 27.7. The van der Waals surface area contributed by atoms with Crippen molar-refractivity contribution in [1.82, 2.24) is 10.4 Å². The lowest BCUT2D eigenvalue weighted by Crippen LogP contribution is -2.33. The summed E-state index contributed by atoms with van der Waals surface area (Å²) in [6.07, 6.45) is 0. The first-order valence-corrected chi connectivity index (χ1v) is 7.70. The molecule has 0 bridgehead atoms. The van der Waals surface area contributed by atoms with Gasteiger partial charge < -0.3 is 5.21 Å². The minimum atomic E-state index is -0.556. The van der Waals surface area contributed by atoms with Crippen molar-refractivity contribution in [3.05, 3.63) is 70.8 Å². The number of nitrogens with zero attached hydrogens (tertiary/aromatic N) is 1. The summed E-state index contributed by atoms with van der Waals surface area (Å²) in [5.41, 5.74) is 4.32. The Balaban J connectivity index is 1.81. The zero-order valence-electron chi connectivity index (χ0n) is 13.0. The van der Waals surface area contributed by atoms with Gasteiger partial charge in [0, 0.05) is 31.6 Å². The molecular formula is C18H20F2N2O. The topological polar surface area (TPSA) is 35.5 Å². The maximum absolute atomic E-state index is 14.2. The molecule has 1 saturated heterocycles. The average molecular weight is 318 g/mol. The number of benzene rings is 2. The molecule has 1 aliphatic heterocycles. The highest BCUT2D eigenvalue weighted by Gasteiger charge is 2.35. The van der Waals surface area contributed by atoms with Gasteiger partial charge in [-0.25, -0.2) is 14.3 Å². The van der Waals surface area contributed by atoms with Gasteiger partial charge in [-0.3, -0.25) is 4.90 Å². The molecule has 23 heavy (non-hydrogen) atoms. The van der Waals surface area contributed by atoms with Crippen LogP contribution in [-0.4, -0.2) is 29.2 Å². The van der Waals surface area contributed by atoms with E-state index in [0.717, 1.165) is 12.6 Å². The van der Waals surface area contributed by atoms with Gasteiger partial charge in [0.25, 0.3) is 0 Å². The van der Waals surface area contributed by atoms with Gasteiger partial charge in [-0.2, -0.15) is 0 Å². The summed E-state index contributed by atoms with van der Waals surface area (Å²) in [5.74, 6) is -1.32. The van der Waals surface area contributed by atoms with Crippen molar-refractivity contribution in [3.63, 3.8) is 0 Å². The van der Waals surface area contributed by atoms with E-state index in [4.69, 9.17) is 0 Å². The first-order valence-electron chi connectivity index (χ1n) is 7.70. The molecule has 0 aliphatic carbocycles. The van der Waals surface area contributed by atoms with Crippen molar-refractivity contribution in [1.29, 1.82) is 0 Å². The Bertz CT molecular complexity index is 678. The van der Waals surface area contributed by atoms with E-state index in [0.29, 0.717) is 24.2 Å². The molecule has 3 nitrogen and oxygen atoms in total. The van der Waals surface area contributed by atoms with E-state index in [2.05, 4.69) is 10.4 Å². The Morgan fingerprint density at radius 1 is 1.13 bits per heavy atom. The van der Waals surface area contributed by atoms with Crippen LogP contribution in [0.1, 0.15) is 22.6 Å². The zero-order valence-corrected chi connectivity index (χ0v) is 13.0. The third-order valence-electron chi connectivity index (χ3n) is 4.49. The van der Waals surface area contributed by atoms with Crippen LogP contribution in [-0.2, 0) is 6.54 Å². The molecule has 5 heteroatoms. The molecule has 2 aromatic carbocycles. The van der Waals surface area contributed by atoms with E-state index in [1.54, 1.807) is 13.0 Å². The molecule has 0 amide bonds. The van der Waals surface area contributed by atoms with Crippen LogP contribution in [0.15, 0.2) is 42.5 Å². The van der Waals surface area contributed by atoms with Crippen LogP contribution in [0.4, 0.5) is 8.78 Å². The maximum atomic E-state index is 14.2. The van der Waals surface area contributed by atoms with Crippen LogP contribution in [0, 0.1) is 18.6 Å². The molecule has 0 aromatic heterocycles. The third kappa shape index (κ3) is 3.42. The van der Waals surface area contributed by atoms with Crippen molar-refractivity contribution in [3.8, 4) is 0 Å². The lowest BCUT2D eigenvalue weighted by molar-refractivity contribution is 0.121. The van der Waals surface area contributed by atoms with Crippen LogP contribution >= 0.6 is 0 Å². The fourth-order valence-electron chi connectivity index (χ4n) is 3.27. The van der Waals surface area contributed by atoms with Crippen molar-refractivity contribution in [2.75, 3.05) is 13.1 Å².